The Labute approximate surface area is 709 Å². The van der Waals surface area contributed by atoms with E-state index in [1.165, 1.54) is 124 Å². The van der Waals surface area contributed by atoms with Crippen LogP contribution in [-0.4, -0.2) is 236 Å². The minimum Gasteiger partial charge on any atom is -0.390 e. The van der Waals surface area contributed by atoms with Gasteiger partial charge in [-0.15, -0.1) is 0 Å². The van der Waals surface area contributed by atoms with E-state index in [4.69, 9.17) is 41.6 Å². The molecule has 3 aromatic carbocycles. The second-order valence-corrected chi connectivity index (χ2v) is 38.8. The number of fused-ring (bicyclic) bond motifs is 6. The minimum atomic E-state index is -1.11. The predicted octanol–water partition coefficient (Wildman–Crippen LogP) is 10.1. The fourth-order valence-electron chi connectivity index (χ4n) is 21.6. The fraction of sp³-hybridized carbons (Fsp3) is 0.593. The van der Waals surface area contributed by atoms with Gasteiger partial charge in [0, 0.05) is 75.2 Å². The molecule has 11 heterocycles. The number of imidazole rings is 5. The highest BCUT2D eigenvalue weighted by Gasteiger charge is 2.50. The molecular formula is C91H121N23O8. The molecule has 7 saturated carbocycles. The van der Waals surface area contributed by atoms with E-state index in [9.17, 15) is 30.6 Å². The quantitative estimate of drug-likeness (QED) is 0.0253. The van der Waals surface area contributed by atoms with E-state index in [-0.39, 0.29) is 29.6 Å². The number of nitrogen functional groups attached to an aromatic ring is 3. The van der Waals surface area contributed by atoms with Crippen molar-refractivity contribution in [2.75, 3.05) is 50.9 Å². The molecule has 15 N–H and O–H groups in total. The topological polar surface area (TPSA) is 432 Å². The van der Waals surface area contributed by atoms with Gasteiger partial charge in [0.1, 0.15) is 102 Å². The number of benzene rings is 3. The first-order valence-electron chi connectivity index (χ1n) is 44.7. The van der Waals surface area contributed by atoms with E-state index < -0.39 is 61.3 Å². The molecule has 21 rings (SSSR count). The van der Waals surface area contributed by atoms with Gasteiger partial charge in [-0.3, -0.25) is 14.0 Å². The summed E-state index contributed by atoms with van der Waals surface area (Å²) in [6.45, 7) is 13.3. The zero-order chi connectivity index (χ0) is 84.4. The van der Waals surface area contributed by atoms with Crippen molar-refractivity contribution in [1.82, 2.24) is 98.2 Å². The molecule has 9 fully saturated rings. The molecule has 0 bridgehead atoms. The molecule has 12 atom stereocenters. The Kier molecular flexibility index (Phi) is 22.3. The van der Waals surface area contributed by atoms with Crippen molar-refractivity contribution in [3.05, 3.63) is 133 Å². The number of aromatic nitrogens is 17. The number of nitrogens with one attached hydrogen (secondary N) is 3. The zero-order valence-electron chi connectivity index (χ0n) is 71.2. The second-order valence-electron chi connectivity index (χ2n) is 38.8. The second kappa shape index (κ2) is 33.0. The third kappa shape index (κ3) is 15.7. The molecule has 0 unspecified atom stereocenters. The van der Waals surface area contributed by atoms with Crippen molar-refractivity contribution in [3.63, 3.8) is 0 Å². The summed E-state index contributed by atoms with van der Waals surface area (Å²) in [5.41, 5.74) is 32.4. The molecular weight excluding hydrogens is 1540 g/mol. The third-order valence-corrected chi connectivity index (χ3v) is 30.5. The number of aliphatic hydroxyl groups excluding tert-OH is 6. The van der Waals surface area contributed by atoms with E-state index in [1.54, 1.807) is 9.13 Å². The van der Waals surface area contributed by atoms with Crippen LogP contribution in [0.4, 0.5) is 17.5 Å². The largest absolute Gasteiger partial charge is 0.390 e. The molecule has 2 saturated heterocycles. The van der Waals surface area contributed by atoms with Crippen molar-refractivity contribution < 1.29 is 40.1 Å². The highest BCUT2D eigenvalue weighted by atomic mass is 16.6. The Balaban J connectivity index is 0.000000121. The molecule has 122 heavy (non-hydrogen) atoms. The Morgan fingerprint density at radius 3 is 1.27 bits per heavy atom. The van der Waals surface area contributed by atoms with E-state index in [2.05, 4.69) is 173 Å². The molecule has 31 nitrogen and oxygen atoms in total. The van der Waals surface area contributed by atoms with Gasteiger partial charge in [-0.05, 0) is 224 Å². The SMILES string of the molecule is CC(C)N(C[C@H]1O[C@@H](n2cnc3c(N)ncnc32)[C@H](O)[C@@H]1O)C1CC(CCc2nc3ccc(C4(C)CCC4)cc3[nH]2)C1.CN(C[C@H]1C[C@@H](n2ccc3c(N)ncnc32)[C@H](O)[C@@H]1O)C1CC(CCc2nc3ccc(C4(C)CCC4)cc3[nH]2)C1.CN(C[C@H]1O[C@@H](n2cnc3c(N)ncnc32)[C@H](O)[C@@H]1O)C1CC(CCc2nc3ccc(C4(C)CCC4)cc3[nH]2)C1. The van der Waals surface area contributed by atoms with Gasteiger partial charge >= 0.3 is 0 Å². The van der Waals surface area contributed by atoms with Crippen molar-refractivity contribution in [3.8, 4) is 0 Å². The lowest BCUT2D eigenvalue weighted by molar-refractivity contribution is -0.0620. The van der Waals surface area contributed by atoms with Gasteiger partial charge in [0.2, 0.25) is 0 Å². The number of rotatable bonds is 25. The van der Waals surface area contributed by atoms with Crippen LogP contribution in [0.3, 0.4) is 0 Å². The van der Waals surface area contributed by atoms with E-state index in [1.807, 2.05) is 16.8 Å². The summed E-state index contributed by atoms with van der Waals surface area (Å²) in [5, 5.41) is 66.0. The standard InChI is InChI=1S/C31H42N8O3.C31H41N7O2.C29H38N8O3/c1-17(2)38(14-23-26(40)27(41)30(42-23)39-16-35-25-28(32)33-15-34-29(25)39)20-11-18(12-20)5-8-24-36-21-7-6-19(13-22(21)37-24)31(3)9-4-10-31;1-31(9-3-10-31)20-5-6-23-24(15-20)36-26(35-23)7-4-18-12-21(13-18)37(2)16-19-14-25(28(40)27(19)39)38-11-8-22-29(32)33-17-34-30(22)38;1-29(8-3-9-29)17-5-6-19-20(12-17)35-22(34-19)7-4-16-10-18(11-16)36(2)13-21-24(38)25(39)28(40-21)37-15-33-23-26(30)31-14-32-27(23)37/h6-7,13,15-18,20,23,26-27,30,40-41H,4-5,8-12,14H2,1-3H3,(H,36,37)(H2,32,33,34);5-6,8,11,15,17-19,21,25,27-28,39-40H,3-4,7,9-10,12-14,16H2,1-2H3,(H,35,36)(H2,32,33,34);5-6,12,14-16,18,21,24-25,28,38-39H,3-4,7-11,13H2,1-2H3,(H,34,35)(H2,30,31,32)/t18?,20?,23-,26-,27-,30-;18?,19-,21?,25-,27-,28+;16?,18?,21-,24-,25-,28-/m111/s1. The molecule has 9 aromatic heterocycles. The van der Waals surface area contributed by atoms with Crippen LogP contribution in [0.15, 0.2) is 98.5 Å². The number of anilines is 3. The number of nitrogens with two attached hydrogens (primary N) is 3. The van der Waals surface area contributed by atoms with Crippen molar-refractivity contribution >= 4 is 83.9 Å². The lowest BCUT2D eigenvalue weighted by atomic mass is 9.66. The van der Waals surface area contributed by atoms with Crippen molar-refractivity contribution in [1.29, 1.82) is 0 Å². The van der Waals surface area contributed by atoms with Gasteiger partial charge in [-0.25, -0.2) is 54.8 Å². The van der Waals surface area contributed by atoms with Crippen LogP contribution >= 0.6 is 0 Å². The summed E-state index contributed by atoms with van der Waals surface area (Å²) >= 11 is 0. The number of hydrogen-bond donors (Lipinski definition) is 12. The number of aryl methyl sites for hydroxylation is 3. The molecule has 0 amide bonds. The zero-order valence-corrected chi connectivity index (χ0v) is 71.2. The smallest absolute Gasteiger partial charge is 0.167 e. The molecule has 9 aliphatic rings. The van der Waals surface area contributed by atoms with E-state index in [0.717, 1.165) is 121 Å². The summed E-state index contributed by atoms with van der Waals surface area (Å²) in [6, 6.07) is 23.6. The van der Waals surface area contributed by atoms with Gasteiger partial charge in [-0.1, -0.05) is 58.2 Å². The number of likely N-dealkylation sites (N-methyl/N-ethyl adjacent to an activating group) is 1. The first-order valence-corrected chi connectivity index (χ1v) is 44.7. The van der Waals surface area contributed by atoms with E-state index >= 15 is 0 Å². The fourth-order valence-corrected chi connectivity index (χ4v) is 21.6. The van der Waals surface area contributed by atoms with Crippen LogP contribution < -0.4 is 17.2 Å². The number of aliphatic hydroxyl groups is 6. The summed E-state index contributed by atoms with van der Waals surface area (Å²) in [5.74, 6) is 6.21. The van der Waals surface area contributed by atoms with Crippen LogP contribution in [-0.2, 0) is 45.0 Å². The summed E-state index contributed by atoms with van der Waals surface area (Å²) < 4.78 is 17.6. The van der Waals surface area contributed by atoms with Gasteiger partial charge in [-0.2, -0.15) is 0 Å². The molecule has 0 spiro atoms. The molecule has 648 valence electrons. The lowest BCUT2D eigenvalue weighted by Crippen LogP contribution is -2.52. The summed E-state index contributed by atoms with van der Waals surface area (Å²) in [6.07, 6.45) is 26.0. The van der Waals surface area contributed by atoms with Gasteiger partial charge < -0.3 is 86.6 Å². The summed E-state index contributed by atoms with van der Waals surface area (Å²) in [7, 11) is 4.22. The van der Waals surface area contributed by atoms with Crippen LogP contribution in [0.5, 0.6) is 0 Å². The molecule has 7 aliphatic carbocycles. The first-order chi connectivity index (χ1) is 58.8. The number of ether oxygens (including phenoxy) is 2. The Bertz CT molecular complexity index is 5480. The number of nitrogens with zero attached hydrogens (tertiary/aromatic N) is 17. The van der Waals surface area contributed by atoms with Gasteiger partial charge in [0.15, 0.2) is 35.4 Å². The van der Waals surface area contributed by atoms with E-state index in [0.29, 0.717) is 105 Å². The van der Waals surface area contributed by atoms with Crippen molar-refractivity contribution in [2.24, 2.45) is 23.7 Å². The number of hydrogen-bond acceptors (Lipinski definition) is 25. The minimum absolute atomic E-state index is 0.00307. The monoisotopic (exact) mass is 1660 g/mol. The maximum absolute atomic E-state index is 11.0. The predicted molar refractivity (Wildman–Crippen MR) is 466 cm³/mol. The molecule has 31 heteroatoms. The molecule has 0 radical (unpaired) electrons. The van der Waals surface area contributed by atoms with Crippen LogP contribution in [0.25, 0.3) is 66.5 Å². The van der Waals surface area contributed by atoms with Crippen LogP contribution in [0, 0.1) is 23.7 Å². The summed E-state index contributed by atoms with van der Waals surface area (Å²) in [4.78, 5) is 65.8. The highest BCUT2D eigenvalue weighted by molar-refractivity contribution is 5.86. The molecule has 12 aromatic rings. The average molecular weight is 1670 g/mol. The first kappa shape index (κ1) is 82.4. The van der Waals surface area contributed by atoms with Gasteiger partial charge in [0.05, 0.1) is 63.3 Å². The Morgan fingerprint density at radius 2 is 0.852 bits per heavy atom. The maximum Gasteiger partial charge on any atom is 0.167 e. The lowest BCUT2D eigenvalue weighted by Gasteiger charge is -2.46. The Hall–Kier alpha value is -9.25. The Morgan fingerprint density at radius 1 is 0.451 bits per heavy atom. The van der Waals surface area contributed by atoms with Crippen LogP contribution in [0.2, 0.25) is 0 Å². The van der Waals surface area contributed by atoms with Crippen LogP contribution in [0.1, 0.15) is 209 Å². The maximum atomic E-state index is 11.0. The average Bonchev–Trinajstić information content (AvgIpc) is 1.67. The number of aromatic amines is 3. The van der Waals surface area contributed by atoms with Crippen molar-refractivity contribution in [2.45, 2.75) is 284 Å². The number of H-pyrrole nitrogens is 3. The normalized spacial score (nSPS) is 29.5. The third-order valence-electron chi connectivity index (χ3n) is 30.5. The van der Waals surface area contributed by atoms with Gasteiger partial charge in [0.25, 0.3) is 0 Å². The highest BCUT2D eigenvalue weighted by Crippen LogP contribution is 2.49. The molecule has 2 aliphatic heterocycles.